The van der Waals surface area contributed by atoms with Gasteiger partial charge in [-0.15, -0.1) is 0 Å². The Kier molecular flexibility index (Phi) is 16.8. The first-order valence-electron chi connectivity index (χ1n) is 27.3. The van der Waals surface area contributed by atoms with Crippen molar-refractivity contribution in [3.63, 3.8) is 0 Å². The first-order valence-corrected chi connectivity index (χ1v) is 29.7. The van der Waals surface area contributed by atoms with Gasteiger partial charge in [0.25, 0.3) is 17.7 Å². The number of thiazole rings is 3. The molecule has 0 radical (unpaired) electrons. The molecule has 0 fully saturated rings. The lowest BCUT2D eigenvalue weighted by Crippen LogP contribution is -2.31. The number of fused-ring (bicyclic) bond motifs is 6. The minimum atomic E-state index is -0.291. The lowest BCUT2D eigenvalue weighted by Gasteiger charge is -2.21. The SMILES string of the molecule is CCOc1ccc(N(C(=O)COc2cccc3c2OC(C)(C)C3)c2nc3ccccc3s2)cc1.Cc1ccc2nc(NC(=O)COc3cccc4c3OC(C)(C)C4)sc2c1.O=C(COc1cccc2c1OCCO2)Nc1nc2ccccc2s1. The van der Waals surface area contributed by atoms with Gasteiger partial charge in [0.15, 0.2) is 69.7 Å². The van der Waals surface area contributed by atoms with Gasteiger partial charge in [0.05, 0.1) is 42.9 Å². The molecular weight excluding hydrogens is 1120 g/mol. The zero-order valence-electron chi connectivity index (χ0n) is 47.0. The molecule has 7 aromatic carbocycles. The van der Waals surface area contributed by atoms with Crippen LogP contribution in [0.2, 0.25) is 0 Å². The van der Waals surface area contributed by atoms with Crippen LogP contribution < -0.4 is 53.4 Å². The van der Waals surface area contributed by atoms with E-state index in [9.17, 15) is 14.4 Å². The van der Waals surface area contributed by atoms with Gasteiger partial charge in [-0.05, 0) is 132 Å². The number of nitrogens with zero attached hydrogens (tertiary/aromatic N) is 4. The number of hydrogen-bond donors (Lipinski definition) is 2. The number of carbonyl (C=O) groups excluding carboxylic acids is 3. The van der Waals surface area contributed by atoms with Gasteiger partial charge in [0, 0.05) is 24.0 Å². The van der Waals surface area contributed by atoms with Gasteiger partial charge in [-0.1, -0.05) is 94.7 Å². The highest BCUT2D eigenvalue weighted by atomic mass is 32.1. The lowest BCUT2D eigenvalue weighted by atomic mass is 10.0. The summed E-state index contributed by atoms with van der Waals surface area (Å²) in [5.41, 5.74) is 6.12. The number of anilines is 4. The maximum Gasteiger partial charge on any atom is 0.271 e. The number of amides is 3. The van der Waals surface area contributed by atoms with E-state index in [2.05, 4.69) is 26.7 Å². The predicted octanol–water partition coefficient (Wildman–Crippen LogP) is 13.6. The zero-order valence-corrected chi connectivity index (χ0v) is 49.5. The number of hydrogen-bond acceptors (Lipinski definition) is 17. The molecule has 20 heteroatoms. The van der Waals surface area contributed by atoms with Crippen LogP contribution in [0.25, 0.3) is 30.6 Å². The van der Waals surface area contributed by atoms with Crippen molar-refractivity contribution in [2.45, 2.75) is 65.6 Å². The van der Waals surface area contributed by atoms with E-state index in [0.717, 1.165) is 66.1 Å². The quantitative estimate of drug-likeness (QED) is 0.0985. The number of aryl methyl sites for hydroxylation is 1. The van der Waals surface area contributed by atoms with Gasteiger partial charge in [-0.3, -0.25) is 29.9 Å². The molecule has 430 valence electrons. The Balaban J connectivity index is 0.000000134. The van der Waals surface area contributed by atoms with Crippen molar-refractivity contribution in [1.82, 2.24) is 15.0 Å². The normalized spacial score (nSPS) is 13.8. The summed E-state index contributed by atoms with van der Waals surface area (Å²) in [6.07, 6.45) is 1.63. The Morgan fingerprint density at radius 2 is 1.07 bits per heavy atom. The molecular formula is C64H60N6O11S3. The van der Waals surface area contributed by atoms with E-state index in [-0.39, 0.29) is 48.7 Å². The molecule has 3 aliphatic heterocycles. The van der Waals surface area contributed by atoms with Gasteiger partial charge in [0.1, 0.15) is 30.2 Å². The van der Waals surface area contributed by atoms with Crippen LogP contribution in [0, 0.1) is 6.92 Å². The standard InChI is InChI=1S/C27H26N2O4S.C20H20N2O3S.C17H14N2O4S/c1-4-31-20-14-12-19(13-15-20)29(26-28-21-9-5-6-11-23(21)34-26)24(30)17-32-22-10-7-8-18-16-27(2,3)33-25(18)22;1-12-7-8-14-16(9-12)26-19(21-14)22-17(23)11-24-15-6-4-5-13-10-20(2,3)25-18(13)15;20-15(19-17-18-11-4-1-2-7-14(11)24-17)10-23-13-6-3-5-12-16(13)22-9-8-21-12/h5-15H,4,16-17H2,1-3H3;4-9H,10-11H2,1-3H3,(H,21,22,23);1-7H,8-10H2,(H,18,19,20). The molecule has 13 rings (SSSR count). The van der Waals surface area contributed by atoms with Crippen molar-refractivity contribution in [3.05, 3.63) is 162 Å². The summed E-state index contributed by atoms with van der Waals surface area (Å²) in [5, 5.41) is 7.29. The van der Waals surface area contributed by atoms with Crippen molar-refractivity contribution in [3.8, 4) is 46.0 Å². The summed E-state index contributed by atoms with van der Waals surface area (Å²) in [5.74, 6) is 4.30. The molecule has 0 unspecified atom stereocenters. The van der Waals surface area contributed by atoms with Gasteiger partial charge >= 0.3 is 0 Å². The molecule has 3 aromatic heterocycles. The van der Waals surface area contributed by atoms with Gasteiger partial charge in [-0.25, -0.2) is 15.0 Å². The maximum absolute atomic E-state index is 13.5. The minimum absolute atomic E-state index is 0.0881. The highest BCUT2D eigenvalue weighted by Gasteiger charge is 2.34. The molecule has 2 N–H and O–H groups in total. The van der Waals surface area contributed by atoms with Crippen molar-refractivity contribution in [1.29, 1.82) is 0 Å². The molecule has 0 saturated carbocycles. The summed E-state index contributed by atoms with van der Waals surface area (Å²) in [6.45, 7) is 13.3. The molecule has 0 atom stereocenters. The van der Waals surface area contributed by atoms with Gasteiger partial charge in [0.2, 0.25) is 5.75 Å². The molecule has 3 aliphatic rings. The Labute approximate surface area is 497 Å². The zero-order chi connectivity index (χ0) is 58.4. The van der Waals surface area contributed by atoms with E-state index in [1.165, 1.54) is 39.6 Å². The molecule has 3 amide bonds. The van der Waals surface area contributed by atoms with E-state index in [0.29, 0.717) is 75.4 Å². The van der Waals surface area contributed by atoms with E-state index in [1.54, 1.807) is 17.0 Å². The van der Waals surface area contributed by atoms with Crippen LogP contribution in [0.3, 0.4) is 0 Å². The smallest absolute Gasteiger partial charge is 0.271 e. The number of rotatable bonds is 15. The number of para-hydroxylation sites is 5. The lowest BCUT2D eigenvalue weighted by molar-refractivity contribution is -0.120. The average molecular weight is 1190 g/mol. The molecule has 10 aromatic rings. The Hall–Kier alpha value is -8.98. The minimum Gasteiger partial charge on any atom is -0.494 e. The number of benzene rings is 7. The van der Waals surface area contributed by atoms with E-state index < -0.39 is 0 Å². The molecule has 0 spiro atoms. The fraction of sp³-hybridized carbons (Fsp3) is 0.250. The highest BCUT2D eigenvalue weighted by Crippen LogP contribution is 2.44. The number of nitrogens with one attached hydrogen (secondary N) is 2. The fourth-order valence-corrected chi connectivity index (χ4v) is 12.4. The molecule has 0 bridgehead atoms. The third kappa shape index (κ3) is 13.6. The third-order valence-corrected chi connectivity index (χ3v) is 16.1. The number of carbonyl (C=O) groups is 3. The Morgan fingerprint density at radius 3 is 1.67 bits per heavy atom. The number of ether oxygens (including phenoxy) is 8. The summed E-state index contributed by atoms with van der Waals surface area (Å²) in [6, 6.07) is 46.0. The fourth-order valence-electron chi connectivity index (χ4n) is 9.55. The van der Waals surface area contributed by atoms with Crippen LogP contribution in [0.5, 0.6) is 46.0 Å². The largest absolute Gasteiger partial charge is 0.494 e. The van der Waals surface area contributed by atoms with Crippen molar-refractivity contribution < 1.29 is 52.3 Å². The molecule has 17 nitrogen and oxygen atoms in total. The predicted molar refractivity (Wildman–Crippen MR) is 329 cm³/mol. The monoisotopic (exact) mass is 1180 g/mol. The molecule has 6 heterocycles. The molecule has 84 heavy (non-hydrogen) atoms. The van der Waals surface area contributed by atoms with Gasteiger partial charge in [-0.2, -0.15) is 0 Å². The second-order valence-electron chi connectivity index (χ2n) is 20.9. The van der Waals surface area contributed by atoms with Crippen molar-refractivity contribution in [2.75, 3.05) is 55.2 Å². The summed E-state index contributed by atoms with van der Waals surface area (Å²) < 4.78 is 49.0. The topological polar surface area (TPSA) is 191 Å². The van der Waals surface area contributed by atoms with Crippen LogP contribution >= 0.6 is 34.0 Å². The summed E-state index contributed by atoms with van der Waals surface area (Å²) in [7, 11) is 0. The van der Waals surface area contributed by atoms with Gasteiger partial charge < -0.3 is 37.9 Å². The second kappa shape index (κ2) is 24.9. The average Bonchev–Trinajstić information content (AvgIpc) is 4.49. The Morgan fingerprint density at radius 1 is 0.548 bits per heavy atom. The number of aromatic nitrogens is 3. The Bertz CT molecular complexity index is 3960. The molecule has 0 aliphatic carbocycles. The molecule has 0 saturated heterocycles. The summed E-state index contributed by atoms with van der Waals surface area (Å²) >= 11 is 4.35. The first kappa shape index (κ1) is 56.9. The van der Waals surface area contributed by atoms with Crippen molar-refractivity contribution in [2.24, 2.45) is 0 Å². The van der Waals surface area contributed by atoms with E-state index in [4.69, 9.17) is 42.9 Å². The van der Waals surface area contributed by atoms with Crippen molar-refractivity contribution >= 4 is 103 Å². The van der Waals surface area contributed by atoms with E-state index >= 15 is 0 Å². The van der Waals surface area contributed by atoms with Crippen LogP contribution in [0.1, 0.15) is 51.3 Å². The van der Waals surface area contributed by atoms with E-state index in [1.807, 2.05) is 169 Å². The first-order chi connectivity index (χ1) is 40.6. The van der Waals surface area contributed by atoms with Crippen LogP contribution in [0.4, 0.5) is 21.1 Å². The van der Waals surface area contributed by atoms with Crippen LogP contribution in [-0.2, 0) is 27.2 Å². The maximum atomic E-state index is 13.5. The van der Waals surface area contributed by atoms with Crippen LogP contribution in [-0.4, -0.2) is 83.5 Å². The summed E-state index contributed by atoms with van der Waals surface area (Å²) in [4.78, 5) is 53.0. The second-order valence-corrected chi connectivity index (χ2v) is 24.0. The van der Waals surface area contributed by atoms with Crippen LogP contribution in [0.15, 0.2) is 146 Å². The highest BCUT2D eigenvalue weighted by molar-refractivity contribution is 7.23. The third-order valence-electron chi connectivity index (χ3n) is 13.2.